The quantitative estimate of drug-likeness (QED) is 0.0668. The van der Waals surface area contributed by atoms with E-state index in [9.17, 15) is 0 Å². The third-order valence-electron chi connectivity index (χ3n) is 19.0. The van der Waals surface area contributed by atoms with E-state index in [0.29, 0.717) is 0 Å². The molecule has 0 bridgehead atoms. The van der Waals surface area contributed by atoms with Crippen molar-refractivity contribution in [3.05, 3.63) is 0 Å². The van der Waals surface area contributed by atoms with Crippen molar-refractivity contribution in [2.24, 2.45) is 0 Å². The van der Waals surface area contributed by atoms with Crippen LogP contribution < -0.4 is 0 Å². The maximum atomic E-state index is 6.83. The van der Waals surface area contributed by atoms with Crippen LogP contribution in [-0.2, 0) is 27.2 Å². The summed E-state index contributed by atoms with van der Waals surface area (Å²) in [6.07, 6.45) is 5.26. The molecule has 0 saturated carbocycles. The molecule has 0 spiro atoms. The van der Waals surface area contributed by atoms with Gasteiger partial charge < -0.3 is 27.2 Å². The van der Waals surface area contributed by atoms with Gasteiger partial charge in [0, 0.05) is 39.6 Å². The van der Waals surface area contributed by atoms with Crippen LogP contribution >= 0.6 is 0 Å². The average molecular weight is 1020 g/mol. The van der Waals surface area contributed by atoms with Crippen molar-refractivity contribution >= 4 is 49.4 Å². The van der Waals surface area contributed by atoms with E-state index >= 15 is 0 Å². The molecule has 0 aromatic rings. The molecule has 0 aliphatic carbocycles. The van der Waals surface area contributed by atoms with Crippen molar-refractivity contribution in [3.63, 3.8) is 0 Å². The molecule has 392 valence electrons. The third-order valence-corrected chi connectivity index (χ3v) is 49.4. The normalized spacial score (nSPS) is 15.6. The number of hydrogen-bond acceptors (Lipinski definition) is 6. The fourth-order valence-corrected chi connectivity index (χ4v) is 19.3. The van der Waals surface area contributed by atoms with Crippen LogP contribution in [0.2, 0.25) is 120 Å². The van der Waals surface area contributed by atoms with Crippen molar-refractivity contribution < 1.29 is 27.2 Å². The number of ether oxygens (including phenoxy) is 2. The lowest BCUT2D eigenvalue weighted by Gasteiger charge is -2.46. The smallest absolute Gasteiger partial charge is 0.191 e. The van der Waals surface area contributed by atoms with E-state index in [2.05, 4.69) is 204 Å². The molecule has 0 aromatic heterocycles. The van der Waals surface area contributed by atoms with E-state index in [-0.39, 0.29) is 41.4 Å². The zero-order valence-corrected chi connectivity index (χ0v) is 56.1. The van der Waals surface area contributed by atoms with Crippen molar-refractivity contribution in [1.29, 1.82) is 0 Å². The molecular weight excluding hydrogens is 901 g/mol. The van der Waals surface area contributed by atoms with Gasteiger partial charge in [-0.05, 0) is 167 Å². The lowest BCUT2D eigenvalue weighted by atomic mass is 9.94. The van der Waals surface area contributed by atoms with E-state index in [4.69, 9.17) is 27.2 Å². The van der Waals surface area contributed by atoms with E-state index in [0.717, 1.165) is 71.7 Å². The van der Waals surface area contributed by atoms with Gasteiger partial charge in [-0.3, -0.25) is 0 Å². The lowest BCUT2D eigenvalue weighted by Crippen LogP contribution is -2.48. The molecule has 0 heterocycles. The average Bonchev–Trinajstić information content (AvgIpc) is 3.05. The van der Waals surface area contributed by atoms with E-state index in [1.807, 2.05) is 0 Å². The molecule has 0 aromatic carbocycles. The van der Waals surface area contributed by atoms with Gasteiger partial charge in [0.1, 0.15) is 0 Å². The summed E-state index contributed by atoms with van der Waals surface area (Å²) >= 11 is 0. The first-order valence-corrected chi connectivity index (χ1v) is 43.7. The number of rotatable bonds is 30. The van der Waals surface area contributed by atoms with Gasteiger partial charge in [-0.15, -0.1) is 0 Å². The van der Waals surface area contributed by atoms with Crippen LogP contribution in [0.3, 0.4) is 0 Å². The Morgan fingerprint density at radius 2 is 0.477 bits per heavy atom. The highest BCUT2D eigenvalue weighted by Crippen LogP contribution is 2.49. The van der Waals surface area contributed by atoms with Gasteiger partial charge >= 0.3 is 0 Å². The van der Waals surface area contributed by atoms with Crippen molar-refractivity contribution in [2.45, 2.75) is 302 Å². The zero-order valence-electron chi connectivity index (χ0n) is 50.1. The van der Waals surface area contributed by atoms with Gasteiger partial charge in [0.15, 0.2) is 33.3 Å². The Hall–Kier alpha value is 1.06. The highest BCUT2D eigenvalue weighted by molar-refractivity contribution is 6.82. The molecule has 0 aliphatic heterocycles. The second kappa shape index (κ2) is 23.7. The largest absolute Gasteiger partial charge is 0.417 e. The molecule has 0 radical (unpaired) electrons. The summed E-state index contributed by atoms with van der Waals surface area (Å²) in [5.74, 6) is 0. The van der Waals surface area contributed by atoms with Crippen LogP contribution in [0.5, 0.6) is 0 Å². The predicted molar refractivity (Wildman–Crippen MR) is 306 cm³/mol. The first kappa shape index (κ1) is 66.1. The Kier molecular flexibility index (Phi) is 24.1. The molecule has 0 fully saturated rings. The van der Waals surface area contributed by atoms with Crippen molar-refractivity contribution in [1.82, 2.24) is 0 Å². The Labute approximate surface area is 415 Å². The molecule has 0 amide bonds. The van der Waals surface area contributed by atoms with Crippen molar-refractivity contribution in [3.8, 4) is 0 Å². The lowest BCUT2D eigenvalue weighted by molar-refractivity contribution is -0.0476. The molecule has 0 aliphatic rings. The maximum Gasteiger partial charge on any atom is 0.191 e. The van der Waals surface area contributed by atoms with Gasteiger partial charge in [0.05, 0.1) is 27.3 Å². The van der Waals surface area contributed by atoms with Crippen LogP contribution in [0.15, 0.2) is 0 Å². The molecule has 65 heavy (non-hydrogen) atoms. The first-order chi connectivity index (χ1) is 28.4. The fourth-order valence-electron chi connectivity index (χ4n) is 7.45. The van der Waals surface area contributed by atoms with Gasteiger partial charge in [-0.1, -0.05) is 124 Å². The van der Waals surface area contributed by atoms with Crippen LogP contribution in [0.1, 0.15) is 171 Å². The summed E-state index contributed by atoms with van der Waals surface area (Å²) in [7, 11) is -10.9. The van der Waals surface area contributed by atoms with Crippen LogP contribution in [0, 0.1) is 0 Å². The minimum atomic E-state index is -1.83. The fraction of sp³-hybridized carbons (Fsp3) is 1.00. The molecule has 0 rings (SSSR count). The molecule has 0 N–H and O–H groups in total. The maximum absolute atomic E-state index is 6.83. The predicted octanol–water partition coefficient (Wildman–Crippen LogP) is 18.3. The molecule has 0 saturated heterocycles. The monoisotopic (exact) mass is 1020 g/mol. The molecule has 0 unspecified atom stereocenters. The highest BCUT2D eigenvalue weighted by atomic mass is 28.4. The van der Waals surface area contributed by atoms with E-state index < -0.39 is 49.4 Å². The summed E-state index contributed by atoms with van der Waals surface area (Å²) in [6, 6.07) is 4.67. The van der Waals surface area contributed by atoms with Gasteiger partial charge in [0.2, 0.25) is 0 Å². The third kappa shape index (κ3) is 21.0. The van der Waals surface area contributed by atoms with E-state index in [1.54, 1.807) is 0 Å². The Morgan fingerprint density at radius 1 is 0.277 bits per heavy atom. The summed E-state index contributed by atoms with van der Waals surface area (Å²) in [5.41, 5.74) is -0.370. The van der Waals surface area contributed by atoms with Gasteiger partial charge in [-0.2, -0.15) is 0 Å². The minimum Gasteiger partial charge on any atom is -0.417 e. The minimum absolute atomic E-state index is 0.185. The van der Waals surface area contributed by atoms with Crippen molar-refractivity contribution in [2.75, 3.05) is 39.6 Å². The summed E-state index contributed by atoms with van der Waals surface area (Å²) < 4.78 is 41.0. The second-order valence-electron chi connectivity index (χ2n) is 29.9. The summed E-state index contributed by atoms with van der Waals surface area (Å²) in [4.78, 5) is 0. The first-order valence-electron chi connectivity index (χ1n) is 26.3. The Balaban J connectivity index is 5.68. The molecule has 0 atom stereocenters. The number of hydrogen-bond donors (Lipinski definition) is 0. The molecular formula is C53H120O6Si6. The highest BCUT2D eigenvalue weighted by Gasteiger charge is 2.47. The molecule has 12 heteroatoms. The standard InChI is InChI=1S/C53H120O6Si6/c1-46(2,3)60(21,22)56-38-42-64(29,43-39-57-61(23,24)47(4,5)6)52(17,18)34-36-54-50(13,14)32-31-33-51(15,16)55-37-35-53(19,20)65(30,44-40-58-62(25,26)48(7,8)9)45-41-59-63(27,28)49(10,11)12/h31-45H2,1-30H3. The van der Waals surface area contributed by atoms with Crippen LogP contribution in [-0.4, -0.2) is 100 Å². The second-order valence-corrected chi connectivity index (χ2v) is 60.1. The van der Waals surface area contributed by atoms with Gasteiger partial charge in [0.25, 0.3) is 0 Å². The Morgan fingerprint density at radius 3 is 0.662 bits per heavy atom. The van der Waals surface area contributed by atoms with E-state index in [1.165, 1.54) is 24.2 Å². The SMILES string of the molecule is CC(C)(CCCC(C)(C)OCCC(C)(C)[Si](C)(CCO[Si](C)(C)C(C)(C)C)CCO[Si](C)(C)C(C)(C)C)OCCC(C)(C)[Si](C)(CCO[Si](C)(C)C(C)(C)C)CCO[Si](C)(C)C(C)(C)C. The summed E-state index contributed by atoms with van der Waals surface area (Å²) in [6.45, 7) is 76.9. The topological polar surface area (TPSA) is 55.4 Å². The van der Waals surface area contributed by atoms with Crippen LogP contribution in [0.25, 0.3) is 0 Å². The Bertz CT molecular complexity index is 1220. The van der Waals surface area contributed by atoms with Gasteiger partial charge in [-0.25, -0.2) is 0 Å². The summed E-state index contributed by atoms with van der Waals surface area (Å²) in [5, 5.41) is 1.24. The molecule has 6 nitrogen and oxygen atoms in total. The zero-order chi connectivity index (χ0) is 51.8. The van der Waals surface area contributed by atoms with Crippen LogP contribution in [0.4, 0.5) is 0 Å².